The highest BCUT2D eigenvalue weighted by Crippen LogP contribution is 2.19. The van der Waals surface area contributed by atoms with Crippen LogP contribution in [-0.2, 0) is 0 Å². The zero-order valence-corrected chi connectivity index (χ0v) is 10.2. The van der Waals surface area contributed by atoms with Gasteiger partial charge in [0.05, 0.1) is 11.3 Å². The number of carbonyl (C=O) groups excluding carboxylic acids is 1. The van der Waals surface area contributed by atoms with Crippen LogP contribution in [0.5, 0.6) is 0 Å². The van der Waals surface area contributed by atoms with E-state index in [0.29, 0.717) is 11.6 Å². The molecule has 1 aromatic heterocycles. The number of nitrogens with one attached hydrogen (secondary N) is 1. The summed E-state index contributed by atoms with van der Waals surface area (Å²) in [6, 6.07) is 2.19. The van der Waals surface area contributed by atoms with E-state index in [2.05, 4.69) is 26.2 Å². The van der Waals surface area contributed by atoms with Crippen LogP contribution in [-0.4, -0.2) is 16.9 Å². The Morgan fingerprint density at radius 2 is 2.33 bits per heavy atom. The van der Waals surface area contributed by atoms with Gasteiger partial charge in [-0.25, -0.2) is 0 Å². The smallest absolute Gasteiger partial charge is 0.253 e. The fraction of sp³-hybridized carbons (Fsp3) is 0.455. The van der Waals surface area contributed by atoms with Crippen molar-refractivity contribution in [3.63, 3.8) is 0 Å². The molecule has 0 spiro atoms. The summed E-state index contributed by atoms with van der Waals surface area (Å²) in [6.45, 7) is 1.85. The van der Waals surface area contributed by atoms with E-state index in [1.807, 2.05) is 13.0 Å². The number of hydrogen-bond acceptors (Lipinski definition) is 2. The van der Waals surface area contributed by atoms with E-state index in [-0.39, 0.29) is 5.91 Å². The van der Waals surface area contributed by atoms with Crippen LogP contribution in [0.4, 0.5) is 0 Å². The molecule has 0 saturated heterocycles. The van der Waals surface area contributed by atoms with E-state index < -0.39 is 0 Å². The van der Waals surface area contributed by atoms with E-state index >= 15 is 0 Å². The van der Waals surface area contributed by atoms with Crippen LogP contribution in [0.25, 0.3) is 0 Å². The van der Waals surface area contributed by atoms with Gasteiger partial charge in [-0.1, -0.05) is 0 Å². The SMILES string of the molecule is Cc1ncc(Br)cc1C(=O)NC1CCC1. The van der Waals surface area contributed by atoms with Crippen LogP contribution in [0.2, 0.25) is 0 Å². The molecule has 80 valence electrons. The molecule has 2 rings (SSSR count). The second-order valence-electron chi connectivity index (χ2n) is 3.89. The number of pyridine rings is 1. The molecule has 4 heteroatoms. The van der Waals surface area contributed by atoms with Gasteiger partial charge in [0.2, 0.25) is 0 Å². The van der Waals surface area contributed by atoms with Crippen molar-refractivity contribution in [2.45, 2.75) is 32.2 Å². The summed E-state index contributed by atoms with van der Waals surface area (Å²) in [4.78, 5) is 16.0. The van der Waals surface area contributed by atoms with Crippen LogP contribution in [0.1, 0.15) is 35.3 Å². The highest BCUT2D eigenvalue weighted by molar-refractivity contribution is 9.10. The molecular weight excluding hydrogens is 256 g/mol. The number of halogens is 1. The minimum atomic E-state index is -0.00833. The van der Waals surface area contributed by atoms with E-state index in [9.17, 15) is 4.79 Å². The van der Waals surface area contributed by atoms with Gasteiger partial charge in [-0.2, -0.15) is 0 Å². The van der Waals surface area contributed by atoms with Gasteiger partial charge in [-0.05, 0) is 48.2 Å². The number of hydrogen-bond donors (Lipinski definition) is 1. The van der Waals surface area contributed by atoms with E-state index in [1.165, 1.54) is 6.42 Å². The first-order valence-corrected chi connectivity index (χ1v) is 5.89. The number of aryl methyl sites for hydroxylation is 1. The topological polar surface area (TPSA) is 42.0 Å². The van der Waals surface area contributed by atoms with Crippen molar-refractivity contribution < 1.29 is 4.79 Å². The second-order valence-corrected chi connectivity index (χ2v) is 4.80. The summed E-state index contributed by atoms with van der Waals surface area (Å²) in [5.41, 5.74) is 1.44. The summed E-state index contributed by atoms with van der Waals surface area (Å²) in [6.07, 6.45) is 5.13. The quantitative estimate of drug-likeness (QED) is 0.895. The third-order valence-electron chi connectivity index (χ3n) is 2.74. The molecule has 1 aromatic rings. The zero-order chi connectivity index (χ0) is 10.8. The fourth-order valence-corrected chi connectivity index (χ4v) is 1.88. The molecule has 1 amide bonds. The van der Waals surface area contributed by atoms with Gasteiger partial charge in [-0.3, -0.25) is 9.78 Å². The molecule has 15 heavy (non-hydrogen) atoms. The molecule has 1 heterocycles. The lowest BCUT2D eigenvalue weighted by atomic mass is 9.93. The van der Waals surface area contributed by atoms with Crippen LogP contribution in [0.3, 0.4) is 0 Å². The molecule has 1 aliphatic carbocycles. The second kappa shape index (κ2) is 4.31. The Hall–Kier alpha value is -0.900. The predicted molar refractivity (Wildman–Crippen MR) is 61.8 cm³/mol. The summed E-state index contributed by atoms with van der Waals surface area (Å²) in [5, 5.41) is 3.00. The fourth-order valence-electron chi connectivity index (χ4n) is 1.55. The van der Waals surface area contributed by atoms with E-state index in [4.69, 9.17) is 0 Å². The van der Waals surface area contributed by atoms with Gasteiger partial charge in [0.25, 0.3) is 5.91 Å². The Bertz CT molecular complexity index is 388. The maximum Gasteiger partial charge on any atom is 0.253 e. The van der Waals surface area contributed by atoms with Gasteiger partial charge in [0.1, 0.15) is 0 Å². The lowest BCUT2D eigenvalue weighted by Gasteiger charge is -2.26. The molecule has 1 aliphatic rings. The summed E-state index contributed by atoms with van der Waals surface area (Å²) in [7, 11) is 0. The van der Waals surface area contributed by atoms with Crippen molar-refractivity contribution in [3.05, 3.63) is 28.0 Å². The molecule has 0 radical (unpaired) electrons. The van der Waals surface area contributed by atoms with Gasteiger partial charge in [-0.15, -0.1) is 0 Å². The zero-order valence-electron chi connectivity index (χ0n) is 8.59. The van der Waals surface area contributed by atoms with Crippen molar-refractivity contribution in [1.82, 2.24) is 10.3 Å². The molecule has 1 saturated carbocycles. The number of nitrogens with zero attached hydrogens (tertiary/aromatic N) is 1. The molecule has 1 fully saturated rings. The summed E-state index contributed by atoms with van der Waals surface area (Å²) in [5.74, 6) is -0.00833. The van der Waals surface area contributed by atoms with Crippen LogP contribution < -0.4 is 5.32 Å². The number of amides is 1. The molecule has 0 aliphatic heterocycles. The van der Waals surface area contributed by atoms with Crippen LogP contribution in [0.15, 0.2) is 16.7 Å². The predicted octanol–water partition coefficient (Wildman–Crippen LogP) is 2.43. The van der Waals surface area contributed by atoms with Crippen molar-refractivity contribution >= 4 is 21.8 Å². The summed E-state index contributed by atoms with van der Waals surface area (Å²) >= 11 is 3.32. The molecule has 0 atom stereocenters. The van der Waals surface area contributed by atoms with Crippen molar-refractivity contribution in [3.8, 4) is 0 Å². The monoisotopic (exact) mass is 268 g/mol. The van der Waals surface area contributed by atoms with Crippen LogP contribution >= 0.6 is 15.9 Å². The van der Waals surface area contributed by atoms with Gasteiger partial charge in [0, 0.05) is 16.7 Å². The number of carbonyl (C=O) groups is 1. The highest BCUT2D eigenvalue weighted by Gasteiger charge is 2.21. The number of rotatable bonds is 2. The van der Waals surface area contributed by atoms with Gasteiger partial charge in [0.15, 0.2) is 0 Å². The molecule has 3 nitrogen and oxygen atoms in total. The first-order chi connectivity index (χ1) is 7.16. The van der Waals surface area contributed by atoms with Crippen molar-refractivity contribution in [2.75, 3.05) is 0 Å². The molecule has 1 N–H and O–H groups in total. The third-order valence-corrected chi connectivity index (χ3v) is 3.17. The average Bonchev–Trinajstić information content (AvgIpc) is 2.15. The van der Waals surface area contributed by atoms with Crippen LogP contribution in [0, 0.1) is 6.92 Å². The first-order valence-electron chi connectivity index (χ1n) is 5.10. The van der Waals surface area contributed by atoms with Gasteiger partial charge < -0.3 is 5.32 Å². The minimum Gasteiger partial charge on any atom is -0.349 e. The average molecular weight is 269 g/mol. The highest BCUT2D eigenvalue weighted by atomic mass is 79.9. The number of aromatic nitrogens is 1. The maximum absolute atomic E-state index is 11.8. The third kappa shape index (κ3) is 2.37. The Kier molecular flexibility index (Phi) is 3.05. The maximum atomic E-state index is 11.8. The lowest BCUT2D eigenvalue weighted by molar-refractivity contribution is 0.0916. The lowest BCUT2D eigenvalue weighted by Crippen LogP contribution is -2.39. The van der Waals surface area contributed by atoms with Crippen molar-refractivity contribution in [1.29, 1.82) is 0 Å². The normalized spacial score (nSPS) is 15.9. The molecule has 0 unspecified atom stereocenters. The molecule has 0 aromatic carbocycles. The first kappa shape index (κ1) is 10.6. The Morgan fingerprint density at radius 3 is 2.93 bits per heavy atom. The largest absolute Gasteiger partial charge is 0.349 e. The Morgan fingerprint density at radius 1 is 1.60 bits per heavy atom. The summed E-state index contributed by atoms with van der Waals surface area (Å²) < 4.78 is 0.840. The molecular formula is C11H13BrN2O. The Labute approximate surface area is 97.4 Å². The Balaban J connectivity index is 2.12. The van der Waals surface area contributed by atoms with Crippen molar-refractivity contribution in [2.24, 2.45) is 0 Å². The minimum absolute atomic E-state index is 0.00833. The van der Waals surface area contributed by atoms with E-state index in [1.54, 1.807) is 6.20 Å². The standard InChI is InChI=1S/C11H13BrN2O/c1-7-10(5-8(12)6-13-7)11(15)14-9-3-2-4-9/h5-6,9H,2-4H2,1H3,(H,14,15). The van der Waals surface area contributed by atoms with Gasteiger partial charge >= 0.3 is 0 Å². The molecule has 0 bridgehead atoms. The van der Waals surface area contributed by atoms with E-state index in [0.717, 1.165) is 23.0 Å².